The number of hydrogen-bond donors (Lipinski definition) is 1. The summed E-state index contributed by atoms with van der Waals surface area (Å²) in [6, 6.07) is 13.4. The molecule has 3 atom stereocenters. The van der Waals surface area contributed by atoms with E-state index in [1.165, 1.54) is 6.92 Å². The van der Waals surface area contributed by atoms with Crippen LogP contribution in [0.2, 0.25) is 0 Å². The summed E-state index contributed by atoms with van der Waals surface area (Å²) in [5, 5.41) is 19.0. The summed E-state index contributed by atoms with van der Waals surface area (Å²) < 4.78 is 6.38. The molecule has 5 rings (SSSR count). The molecule has 10 heteroatoms. The van der Waals surface area contributed by atoms with Gasteiger partial charge in [-0.2, -0.15) is 0 Å². The zero-order valence-electron chi connectivity index (χ0n) is 18.0. The summed E-state index contributed by atoms with van der Waals surface area (Å²) >= 11 is 9.20. The Bertz CT molecular complexity index is 1340. The average Bonchev–Trinajstić information content (AvgIpc) is 3.36. The molecule has 2 aliphatic rings. The number of halogens is 1. The van der Waals surface area contributed by atoms with E-state index in [-0.39, 0.29) is 23.0 Å². The van der Waals surface area contributed by atoms with Gasteiger partial charge in [0.15, 0.2) is 11.2 Å². The van der Waals surface area contributed by atoms with Gasteiger partial charge < -0.3 is 14.7 Å². The van der Waals surface area contributed by atoms with Gasteiger partial charge in [0.1, 0.15) is 0 Å². The van der Waals surface area contributed by atoms with Crippen LogP contribution in [0.15, 0.2) is 51.5 Å². The molecule has 2 aliphatic heterocycles. The zero-order chi connectivity index (χ0) is 23.7. The number of benzene rings is 2. The van der Waals surface area contributed by atoms with Crippen molar-refractivity contribution in [1.29, 1.82) is 0 Å². The Hall–Kier alpha value is -3.11. The van der Waals surface area contributed by atoms with Crippen molar-refractivity contribution in [1.82, 2.24) is 10.5 Å². The van der Waals surface area contributed by atoms with Crippen molar-refractivity contribution in [2.24, 2.45) is 0 Å². The number of likely N-dealkylation sites (N-methyl/N-ethyl adjacent to an activating group) is 1. The van der Waals surface area contributed by atoms with E-state index in [1.807, 2.05) is 49.4 Å². The van der Waals surface area contributed by atoms with Crippen LogP contribution in [-0.4, -0.2) is 28.0 Å². The van der Waals surface area contributed by atoms with Crippen LogP contribution in [0.3, 0.4) is 0 Å². The second kappa shape index (κ2) is 7.46. The molecular weight excluding hydrogens is 508 g/mol. The molecule has 3 aromatic rings. The first-order valence-electron chi connectivity index (χ1n) is 10.2. The van der Waals surface area contributed by atoms with E-state index >= 15 is 0 Å². The van der Waals surface area contributed by atoms with Crippen LogP contribution < -0.4 is 10.2 Å². The minimum absolute atomic E-state index is 0.0522. The van der Waals surface area contributed by atoms with Gasteiger partial charge in [0.25, 0.3) is 5.91 Å². The van der Waals surface area contributed by atoms with Gasteiger partial charge in [-0.05, 0) is 37.6 Å². The van der Waals surface area contributed by atoms with Crippen molar-refractivity contribution in [2.45, 2.75) is 31.2 Å². The van der Waals surface area contributed by atoms with E-state index in [4.69, 9.17) is 16.7 Å². The lowest BCUT2D eigenvalue weighted by Crippen LogP contribution is -2.50. The monoisotopic (exact) mass is 526 g/mol. The van der Waals surface area contributed by atoms with Crippen molar-refractivity contribution in [3.8, 4) is 0 Å². The molecule has 3 heterocycles. The number of amides is 1. The molecule has 168 valence electrons. The third-order valence-electron chi connectivity index (χ3n) is 6.53. The second-order valence-corrected chi connectivity index (χ2v) is 9.78. The second-order valence-electron chi connectivity index (χ2n) is 8.43. The number of carbonyl (C=O) groups is 1. The number of aromatic nitrogens is 1. The van der Waals surface area contributed by atoms with Crippen molar-refractivity contribution in [3.05, 3.63) is 85.2 Å². The molecule has 1 saturated heterocycles. The van der Waals surface area contributed by atoms with Gasteiger partial charge in [-0.3, -0.25) is 14.9 Å². The molecule has 0 saturated carbocycles. The molecule has 0 radical (unpaired) electrons. The number of nitro groups is 1. The van der Waals surface area contributed by atoms with Gasteiger partial charge in [-0.1, -0.05) is 63.1 Å². The Morgan fingerprint density at radius 2 is 1.94 bits per heavy atom. The van der Waals surface area contributed by atoms with Gasteiger partial charge in [-0.25, -0.2) is 0 Å². The molecule has 0 aliphatic carbocycles. The predicted octanol–water partition coefficient (Wildman–Crippen LogP) is 4.63. The third-order valence-corrected chi connectivity index (χ3v) is 7.42. The van der Waals surface area contributed by atoms with Gasteiger partial charge in [0, 0.05) is 28.7 Å². The number of rotatable bonds is 3. The molecule has 1 spiro atoms. The minimum atomic E-state index is -1.24. The smallest absolute Gasteiger partial charge is 0.335 e. The van der Waals surface area contributed by atoms with Crippen LogP contribution in [0.5, 0.6) is 0 Å². The van der Waals surface area contributed by atoms with E-state index in [9.17, 15) is 14.9 Å². The molecule has 1 amide bonds. The molecule has 1 N–H and O–H groups in total. The van der Waals surface area contributed by atoms with Gasteiger partial charge in [-0.15, -0.1) is 0 Å². The Morgan fingerprint density at radius 1 is 1.24 bits per heavy atom. The summed E-state index contributed by atoms with van der Waals surface area (Å²) in [7, 11) is 1.73. The first-order valence-corrected chi connectivity index (χ1v) is 11.4. The highest BCUT2D eigenvalue weighted by Crippen LogP contribution is 2.58. The van der Waals surface area contributed by atoms with E-state index in [1.54, 1.807) is 11.9 Å². The summed E-state index contributed by atoms with van der Waals surface area (Å²) in [6.45, 7) is 3.48. The molecule has 0 bridgehead atoms. The van der Waals surface area contributed by atoms with Crippen LogP contribution in [0.25, 0.3) is 0 Å². The van der Waals surface area contributed by atoms with E-state index in [2.05, 4.69) is 26.4 Å². The Morgan fingerprint density at radius 3 is 2.61 bits per heavy atom. The van der Waals surface area contributed by atoms with Crippen molar-refractivity contribution in [2.75, 3.05) is 11.9 Å². The average molecular weight is 527 g/mol. The molecule has 1 aromatic heterocycles. The van der Waals surface area contributed by atoms with Crippen LogP contribution in [-0.2, 0) is 10.3 Å². The lowest BCUT2D eigenvalue weighted by Gasteiger charge is -2.32. The van der Waals surface area contributed by atoms with Crippen molar-refractivity contribution < 1.29 is 14.2 Å². The molecule has 1 fully saturated rings. The molecular formula is C23H19BrN4O4S. The lowest BCUT2D eigenvalue weighted by molar-refractivity contribution is -0.386. The first kappa shape index (κ1) is 21.7. The molecule has 0 unspecified atom stereocenters. The maximum absolute atomic E-state index is 13.9. The Balaban J connectivity index is 1.82. The van der Waals surface area contributed by atoms with Gasteiger partial charge >= 0.3 is 5.69 Å². The molecule has 33 heavy (non-hydrogen) atoms. The van der Waals surface area contributed by atoms with Crippen LogP contribution in [0, 0.1) is 24.0 Å². The summed E-state index contributed by atoms with van der Waals surface area (Å²) in [4.78, 5) is 27.2. The van der Waals surface area contributed by atoms with Crippen LogP contribution in [0.1, 0.15) is 40.0 Å². The van der Waals surface area contributed by atoms with Gasteiger partial charge in [0.2, 0.25) is 5.76 Å². The number of nitrogens with zero attached hydrogens (tertiary/aromatic N) is 3. The maximum atomic E-state index is 13.9. The number of carbonyl (C=O) groups excluding carboxylic acids is 1. The number of fused-ring (bicyclic) bond motifs is 2. The number of anilines is 1. The van der Waals surface area contributed by atoms with E-state index < -0.39 is 22.3 Å². The lowest BCUT2D eigenvalue weighted by atomic mass is 9.71. The standard InChI is InChI=1S/C23H19BrN4O4S/c1-11-4-9-16-15(10-11)23(22(29)27(16)3)18(13-5-7-14(24)8-6-13)17(21(33)25-23)20-19(28(30)31)12(2)26-32-20/h4-10,17-18H,1-3H3,(H,25,33)/t17-,18+,23-/m0/s1. The predicted molar refractivity (Wildman–Crippen MR) is 130 cm³/mol. The fourth-order valence-electron chi connectivity index (χ4n) is 5.11. The van der Waals surface area contributed by atoms with Crippen molar-refractivity contribution >= 4 is 50.4 Å². The third kappa shape index (κ3) is 2.97. The summed E-state index contributed by atoms with van der Waals surface area (Å²) in [6.07, 6.45) is 0. The topological polar surface area (TPSA) is 102 Å². The van der Waals surface area contributed by atoms with Crippen molar-refractivity contribution in [3.63, 3.8) is 0 Å². The van der Waals surface area contributed by atoms with E-state index in [0.717, 1.165) is 26.9 Å². The highest BCUT2D eigenvalue weighted by Gasteiger charge is 2.64. The number of aryl methyl sites for hydroxylation is 2. The highest BCUT2D eigenvalue weighted by atomic mass is 79.9. The quantitative estimate of drug-likeness (QED) is 0.301. The fraction of sp³-hybridized carbons (Fsp3) is 0.261. The van der Waals surface area contributed by atoms with Gasteiger partial charge in [0.05, 0.1) is 15.8 Å². The normalized spacial score (nSPS) is 23.8. The summed E-state index contributed by atoms with van der Waals surface area (Å²) in [5.41, 5.74) is 2.06. The van der Waals surface area contributed by atoms with Crippen LogP contribution in [0.4, 0.5) is 11.4 Å². The minimum Gasteiger partial charge on any atom is -0.361 e. The SMILES string of the molecule is Cc1ccc2c(c1)[C@@]1(NC(=S)[C@H](c3onc(C)c3[N+](=O)[O-])[C@H]1c1ccc(Br)cc1)C(=O)N2C. The highest BCUT2D eigenvalue weighted by molar-refractivity contribution is 9.10. The number of hydrogen-bond acceptors (Lipinski definition) is 6. The summed E-state index contributed by atoms with van der Waals surface area (Å²) in [5.74, 6) is -1.48. The van der Waals surface area contributed by atoms with E-state index in [0.29, 0.717) is 4.99 Å². The Kier molecular flexibility index (Phi) is 4.91. The van der Waals surface area contributed by atoms with Crippen LogP contribution >= 0.6 is 28.1 Å². The first-order chi connectivity index (χ1) is 15.7. The molecule has 2 aromatic carbocycles. The fourth-order valence-corrected chi connectivity index (χ4v) is 5.78. The molecule has 8 nitrogen and oxygen atoms in total. The maximum Gasteiger partial charge on any atom is 0.335 e. The number of thiocarbonyl (C=S) groups is 1. The number of nitrogens with one attached hydrogen (secondary N) is 1. The zero-order valence-corrected chi connectivity index (χ0v) is 20.4. The largest absolute Gasteiger partial charge is 0.361 e. The Labute approximate surface area is 203 Å².